The number of hydrogen-bond acceptors (Lipinski definition) is 3. The van der Waals surface area contributed by atoms with Crippen LogP contribution in [0.3, 0.4) is 0 Å². The highest BCUT2D eigenvalue weighted by Gasteiger charge is 2.24. The van der Waals surface area contributed by atoms with Gasteiger partial charge in [-0.25, -0.2) is 4.79 Å². The SMILES string of the molecule is COc1ccc(C(C)C)cc1[C@@H]1CCOC(=O)N1.Cl. The fourth-order valence-corrected chi connectivity index (χ4v) is 2.14. The highest BCUT2D eigenvalue weighted by atomic mass is 35.5. The van der Waals surface area contributed by atoms with Crippen LogP contribution in [0.4, 0.5) is 4.79 Å². The minimum Gasteiger partial charge on any atom is -0.496 e. The molecule has 0 saturated carbocycles. The molecule has 1 aromatic carbocycles. The summed E-state index contributed by atoms with van der Waals surface area (Å²) in [5.74, 6) is 1.26. The molecule has 5 heteroatoms. The van der Waals surface area contributed by atoms with E-state index in [4.69, 9.17) is 9.47 Å². The van der Waals surface area contributed by atoms with Gasteiger partial charge in [-0.15, -0.1) is 12.4 Å². The molecule has 1 aromatic rings. The number of methoxy groups -OCH3 is 1. The molecule has 1 fully saturated rings. The molecule has 0 unspecified atom stereocenters. The molecule has 106 valence electrons. The average molecular weight is 286 g/mol. The number of hydrogen-bond donors (Lipinski definition) is 1. The topological polar surface area (TPSA) is 47.6 Å². The van der Waals surface area contributed by atoms with Gasteiger partial charge in [-0.3, -0.25) is 0 Å². The summed E-state index contributed by atoms with van der Waals surface area (Å²) in [5.41, 5.74) is 2.27. The molecule has 0 radical (unpaired) electrons. The van der Waals surface area contributed by atoms with Crippen LogP contribution in [0.25, 0.3) is 0 Å². The molecule has 1 aliphatic heterocycles. The summed E-state index contributed by atoms with van der Waals surface area (Å²) in [5, 5.41) is 2.83. The van der Waals surface area contributed by atoms with E-state index in [0.717, 1.165) is 17.7 Å². The third-order valence-corrected chi connectivity index (χ3v) is 3.23. The number of carbonyl (C=O) groups excluding carboxylic acids is 1. The van der Waals surface area contributed by atoms with Gasteiger partial charge in [0.25, 0.3) is 0 Å². The van der Waals surface area contributed by atoms with Crippen molar-refractivity contribution in [2.45, 2.75) is 32.2 Å². The summed E-state index contributed by atoms with van der Waals surface area (Å²) in [6.07, 6.45) is 0.409. The Morgan fingerprint density at radius 1 is 1.42 bits per heavy atom. The molecule has 0 spiro atoms. The molecule has 1 N–H and O–H groups in total. The zero-order chi connectivity index (χ0) is 13.1. The number of ether oxygens (including phenoxy) is 2. The number of benzene rings is 1. The normalized spacial score (nSPS) is 18.3. The Kier molecular flexibility index (Phi) is 5.48. The molecule has 0 aliphatic carbocycles. The Labute approximate surface area is 119 Å². The Balaban J connectivity index is 0.00000180. The summed E-state index contributed by atoms with van der Waals surface area (Å²) in [4.78, 5) is 11.3. The van der Waals surface area contributed by atoms with Gasteiger partial charge < -0.3 is 14.8 Å². The molecular weight excluding hydrogens is 266 g/mol. The van der Waals surface area contributed by atoms with E-state index in [1.165, 1.54) is 5.56 Å². The molecule has 0 bridgehead atoms. The number of amides is 1. The minimum atomic E-state index is -0.358. The lowest BCUT2D eigenvalue weighted by Crippen LogP contribution is -2.35. The fraction of sp³-hybridized carbons (Fsp3) is 0.500. The summed E-state index contributed by atoms with van der Waals surface area (Å²) in [6.45, 7) is 4.74. The fourth-order valence-electron chi connectivity index (χ4n) is 2.14. The predicted octanol–water partition coefficient (Wildman–Crippen LogP) is 3.41. The second-order valence-electron chi connectivity index (χ2n) is 4.78. The van der Waals surface area contributed by atoms with Crippen molar-refractivity contribution < 1.29 is 14.3 Å². The molecule has 1 aliphatic rings. The lowest BCUT2D eigenvalue weighted by Gasteiger charge is -2.26. The molecule has 1 heterocycles. The molecule has 4 nitrogen and oxygen atoms in total. The maximum atomic E-state index is 11.3. The van der Waals surface area contributed by atoms with Crippen molar-refractivity contribution in [2.75, 3.05) is 13.7 Å². The second-order valence-corrected chi connectivity index (χ2v) is 4.78. The second kappa shape index (κ2) is 6.66. The summed E-state index contributed by atoms with van der Waals surface area (Å²) < 4.78 is 10.3. The van der Waals surface area contributed by atoms with Crippen LogP contribution in [-0.4, -0.2) is 19.8 Å². The Hall–Kier alpha value is -1.42. The third-order valence-electron chi connectivity index (χ3n) is 3.23. The lowest BCUT2D eigenvalue weighted by atomic mass is 9.95. The molecule has 1 saturated heterocycles. The number of carbonyl (C=O) groups is 1. The van der Waals surface area contributed by atoms with E-state index < -0.39 is 0 Å². The number of cyclic esters (lactones) is 1. The number of halogens is 1. The number of alkyl carbamates (subject to hydrolysis) is 1. The van der Waals surface area contributed by atoms with Crippen molar-refractivity contribution in [3.63, 3.8) is 0 Å². The summed E-state index contributed by atoms with van der Waals surface area (Å²) in [6, 6.07) is 6.11. The molecule has 0 aromatic heterocycles. The molecule has 1 amide bonds. The predicted molar refractivity (Wildman–Crippen MR) is 76.2 cm³/mol. The maximum absolute atomic E-state index is 11.3. The summed E-state index contributed by atoms with van der Waals surface area (Å²) >= 11 is 0. The van der Waals surface area contributed by atoms with Crippen LogP contribution < -0.4 is 10.1 Å². The van der Waals surface area contributed by atoms with Crippen LogP contribution in [0.5, 0.6) is 5.75 Å². The van der Waals surface area contributed by atoms with Gasteiger partial charge in [0.2, 0.25) is 0 Å². The largest absolute Gasteiger partial charge is 0.496 e. The number of rotatable bonds is 3. The van der Waals surface area contributed by atoms with Crippen molar-refractivity contribution in [1.29, 1.82) is 0 Å². The monoisotopic (exact) mass is 285 g/mol. The highest BCUT2D eigenvalue weighted by Crippen LogP contribution is 2.31. The molecule has 2 rings (SSSR count). The minimum absolute atomic E-state index is 0. The van der Waals surface area contributed by atoms with Crippen molar-refractivity contribution in [1.82, 2.24) is 5.32 Å². The van der Waals surface area contributed by atoms with Gasteiger partial charge in [-0.1, -0.05) is 19.9 Å². The van der Waals surface area contributed by atoms with Gasteiger partial charge in [0, 0.05) is 12.0 Å². The zero-order valence-corrected chi connectivity index (χ0v) is 12.3. The van der Waals surface area contributed by atoms with Crippen LogP contribution in [0.15, 0.2) is 18.2 Å². The zero-order valence-electron chi connectivity index (χ0n) is 11.4. The van der Waals surface area contributed by atoms with E-state index >= 15 is 0 Å². The van der Waals surface area contributed by atoms with E-state index in [2.05, 4.69) is 31.3 Å². The van der Waals surface area contributed by atoms with Gasteiger partial charge in [0.1, 0.15) is 5.75 Å². The average Bonchev–Trinajstić information content (AvgIpc) is 2.38. The van der Waals surface area contributed by atoms with Crippen molar-refractivity contribution in [2.24, 2.45) is 0 Å². The van der Waals surface area contributed by atoms with Gasteiger partial charge >= 0.3 is 6.09 Å². The standard InChI is InChI=1S/C14H19NO3.ClH/c1-9(2)10-4-5-13(17-3)11(8-10)12-6-7-18-14(16)15-12;/h4-5,8-9,12H,6-7H2,1-3H3,(H,15,16);1H/t12-;/m0./s1. The Morgan fingerprint density at radius 3 is 2.74 bits per heavy atom. The molecule has 19 heavy (non-hydrogen) atoms. The maximum Gasteiger partial charge on any atom is 0.407 e. The van der Waals surface area contributed by atoms with E-state index in [1.807, 2.05) is 6.07 Å². The van der Waals surface area contributed by atoms with Gasteiger partial charge in [0.05, 0.1) is 19.8 Å². The first kappa shape index (κ1) is 15.6. The van der Waals surface area contributed by atoms with Crippen LogP contribution in [0, 0.1) is 0 Å². The van der Waals surface area contributed by atoms with E-state index in [-0.39, 0.29) is 24.5 Å². The van der Waals surface area contributed by atoms with Crippen LogP contribution >= 0.6 is 12.4 Å². The first-order chi connectivity index (χ1) is 8.61. The molecule has 1 atom stereocenters. The number of nitrogens with one attached hydrogen (secondary N) is 1. The first-order valence-electron chi connectivity index (χ1n) is 6.23. The quantitative estimate of drug-likeness (QED) is 0.926. The third kappa shape index (κ3) is 3.53. The first-order valence-corrected chi connectivity index (χ1v) is 6.23. The van der Waals surface area contributed by atoms with Crippen LogP contribution in [-0.2, 0) is 4.74 Å². The van der Waals surface area contributed by atoms with Gasteiger partial charge in [-0.05, 0) is 23.6 Å². The highest BCUT2D eigenvalue weighted by molar-refractivity contribution is 5.85. The van der Waals surface area contributed by atoms with E-state index in [9.17, 15) is 4.79 Å². The smallest absolute Gasteiger partial charge is 0.407 e. The van der Waals surface area contributed by atoms with E-state index in [1.54, 1.807) is 7.11 Å². The van der Waals surface area contributed by atoms with E-state index in [0.29, 0.717) is 12.5 Å². The molecular formula is C14H20ClNO3. The summed E-state index contributed by atoms with van der Waals surface area (Å²) in [7, 11) is 1.65. The van der Waals surface area contributed by atoms with Crippen molar-refractivity contribution in [3.8, 4) is 5.75 Å². The Morgan fingerprint density at radius 2 is 2.16 bits per heavy atom. The lowest BCUT2D eigenvalue weighted by molar-refractivity contribution is 0.115. The van der Waals surface area contributed by atoms with Gasteiger partial charge in [0.15, 0.2) is 0 Å². The van der Waals surface area contributed by atoms with Crippen LogP contribution in [0.2, 0.25) is 0 Å². The van der Waals surface area contributed by atoms with Crippen molar-refractivity contribution >= 4 is 18.5 Å². The van der Waals surface area contributed by atoms with Gasteiger partial charge in [-0.2, -0.15) is 0 Å². The Bertz CT molecular complexity index is 448. The van der Waals surface area contributed by atoms with Crippen LogP contribution in [0.1, 0.15) is 43.4 Å². The van der Waals surface area contributed by atoms with Crippen molar-refractivity contribution in [3.05, 3.63) is 29.3 Å².